The SMILES string of the molecule is O=C(NCC(F)(F)F)c1ccc(-n2cc(C(=O)NCc3ccnc(OCc4ccccc4)c3)nn2)c(OCCOCCF)c1. The molecule has 0 atom stereocenters. The van der Waals surface area contributed by atoms with Crippen LogP contribution in [0.4, 0.5) is 17.6 Å². The lowest BCUT2D eigenvalue weighted by Gasteiger charge is -2.14. The molecule has 0 spiro atoms. The van der Waals surface area contributed by atoms with Crippen LogP contribution in [0.15, 0.2) is 73.1 Å². The summed E-state index contributed by atoms with van der Waals surface area (Å²) in [5, 5.41) is 12.4. The van der Waals surface area contributed by atoms with E-state index in [1.807, 2.05) is 30.3 Å². The quantitative estimate of drug-likeness (QED) is 0.152. The number of rotatable bonds is 15. The number of aromatic nitrogens is 4. The van der Waals surface area contributed by atoms with Crippen molar-refractivity contribution in [3.8, 4) is 17.3 Å². The molecule has 0 saturated heterocycles. The largest absolute Gasteiger partial charge is 0.489 e. The van der Waals surface area contributed by atoms with E-state index in [-0.39, 0.29) is 49.1 Å². The first kappa shape index (κ1) is 31.9. The third-order valence-corrected chi connectivity index (χ3v) is 5.83. The second-order valence-corrected chi connectivity index (χ2v) is 9.14. The van der Waals surface area contributed by atoms with Gasteiger partial charge in [-0.1, -0.05) is 35.5 Å². The highest BCUT2D eigenvalue weighted by molar-refractivity contribution is 5.95. The van der Waals surface area contributed by atoms with E-state index >= 15 is 0 Å². The second-order valence-electron chi connectivity index (χ2n) is 9.14. The fourth-order valence-electron chi connectivity index (χ4n) is 3.74. The molecule has 0 bridgehead atoms. The normalized spacial score (nSPS) is 11.2. The van der Waals surface area contributed by atoms with Crippen LogP contribution in [0.1, 0.15) is 32.0 Å². The fourth-order valence-corrected chi connectivity index (χ4v) is 3.74. The molecule has 11 nitrogen and oxygen atoms in total. The molecule has 2 amide bonds. The lowest BCUT2D eigenvalue weighted by molar-refractivity contribution is -0.123. The van der Waals surface area contributed by atoms with Crippen LogP contribution in [-0.4, -0.2) is 71.0 Å². The van der Waals surface area contributed by atoms with Crippen molar-refractivity contribution in [3.05, 3.63) is 95.4 Å². The maximum absolute atomic E-state index is 12.8. The molecular weight excluding hydrogens is 588 g/mol. The highest BCUT2D eigenvalue weighted by Gasteiger charge is 2.28. The Balaban J connectivity index is 1.41. The Bertz CT molecular complexity index is 1530. The molecule has 0 fully saturated rings. The van der Waals surface area contributed by atoms with Gasteiger partial charge in [0, 0.05) is 24.4 Å². The lowest BCUT2D eigenvalue weighted by atomic mass is 10.1. The van der Waals surface area contributed by atoms with E-state index in [4.69, 9.17) is 14.2 Å². The Morgan fingerprint density at radius 2 is 1.70 bits per heavy atom. The first-order valence-corrected chi connectivity index (χ1v) is 13.3. The summed E-state index contributed by atoms with van der Waals surface area (Å²) < 4.78 is 67.6. The number of benzene rings is 2. The molecule has 0 saturated carbocycles. The van der Waals surface area contributed by atoms with Gasteiger partial charge < -0.3 is 24.8 Å². The van der Waals surface area contributed by atoms with Crippen molar-refractivity contribution in [3.63, 3.8) is 0 Å². The summed E-state index contributed by atoms with van der Waals surface area (Å²) in [4.78, 5) is 29.3. The van der Waals surface area contributed by atoms with E-state index in [2.05, 4.69) is 20.6 Å². The highest BCUT2D eigenvalue weighted by Crippen LogP contribution is 2.25. The van der Waals surface area contributed by atoms with E-state index in [0.717, 1.165) is 11.1 Å². The van der Waals surface area contributed by atoms with E-state index in [0.29, 0.717) is 12.5 Å². The van der Waals surface area contributed by atoms with Crippen LogP contribution in [0, 0.1) is 0 Å². The molecular formula is C29H28F4N6O5. The van der Waals surface area contributed by atoms with Crippen LogP contribution >= 0.6 is 0 Å². The summed E-state index contributed by atoms with van der Waals surface area (Å²) in [5.74, 6) is -1.07. The van der Waals surface area contributed by atoms with E-state index in [1.165, 1.54) is 29.1 Å². The van der Waals surface area contributed by atoms with Crippen LogP contribution in [0.3, 0.4) is 0 Å². The molecule has 4 rings (SSSR count). The number of carbonyl (C=O) groups is 2. The number of alkyl halides is 4. The van der Waals surface area contributed by atoms with Gasteiger partial charge in [-0.3, -0.25) is 9.59 Å². The van der Waals surface area contributed by atoms with Crippen LogP contribution in [0.2, 0.25) is 0 Å². The van der Waals surface area contributed by atoms with Crippen LogP contribution < -0.4 is 20.1 Å². The van der Waals surface area contributed by atoms with E-state index in [1.54, 1.807) is 23.6 Å². The number of amides is 2. The van der Waals surface area contributed by atoms with Crippen molar-refractivity contribution in [2.45, 2.75) is 19.3 Å². The van der Waals surface area contributed by atoms with Gasteiger partial charge in [-0.05, 0) is 35.4 Å². The second kappa shape index (κ2) is 15.4. The first-order chi connectivity index (χ1) is 21.2. The number of carbonyl (C=O) groups excluding carboxylic acids is 2. The summed E-state index contributed by atoms with van der Waals surface area (Å²) in [7, 11) is 0. The first-order valence-electron chi connectivity index (χ1n) is 13.3. The maximum Gasteiger partial charge on any atom is 0.405 e. The minimum Gasteiger partial charge on any atom is -0.489 e. The molecule has 0 radical (unpaired) electrons. The number of nitrogens with zero attached hydrogens (tertiary/aromatic N) is 4. The van der Waals surface area contributed by atoms with Gasteiger partial charge in [-0.25, -0.2) is 14.1 Å². The minimum absolute atomic E-state index is 0.00683. The van der Waals surface area contributed by atoms with Crippen molar-refractivity contribution in [1.82, 2.24) is 30.6 Å². The minimum atomic E-state index is -4.59. The van der Waals surface area contributed by atoms with Gasteiger partial charge in [-0.2, -0.15) is 13.2 Å². The summed E-state index contributed by atoms with van der Waals surface area (Å²) in [6, 6.07) is 16.9. The molecule has 0 aliphatic heterocycles. The Kier molecular flexibility index (Phi) is 11.2. The number of halogens is 4. The lowest BCUT2D eigenvalue weighted by Crippen LogP contribution is -2.33. The van der Waals surface area contributed by atoms with E-state index in [9.17, 15) is 27.2 Å². The van der Waals surface area contributed by atoms with Gasteiger partial charge in [0.1, 0.15) is 37.9 Å². The van der Waals surface area contributed by atoms with Crippen LogP contribution in [0.5, 0.6) is 11.6 Å². The highest BCUT2D eigenvalue weighted by atomic mass is 19.4. The van der Waals surface area contributed by atoms with Gasteiger partial charge in [0.25, 0.3) is 11.8 Å². The van der Waals surface area contributed by atoms with Crippen LogP contribution in [0.25, 0.3) is 5.69 Å². The number of pyridine rings is 1. The van der Waals surface area contributed by atoms with E-state index < -0.39 is 31.2 Å². The molecule has 0 aliphatic rings. The molecule has 4 aromatic rings. The molecule has 15 heteroatoms. The van der Waals surface area contributed by atoms with Crippen molar-refractivity contribution in [1.29, 1.82) is 0 Å². The monoisotopic (exact) mass is 616 g/mol. The van der Waals surface area contributed by atoms with Crippen molar-refractivity contribution >= 4 is 11.8 Å². The molecule has 2 N–H and O–H groups in total. The number of nitrogens with one attached hydrogen (secondary N) is 2. The predicted molar refractivity (Wildman–Crippen MR) is 148 cm³/mol. The molecule has 44 heavy (non-hydrogen) atoms. The Morgan fingerprint density at radius 1 is 0.886 bits per heavy atom. The Labute approximate surface area is 249 Å². The third kappa shape index (κ3) is 9.76. The van der Waals surface area contributed by atoms with Crippen LogP contribution in [-0.2, 0) is 17.9 Å². The zero-order valence-electron chi connectivity index (χ0n) is 23.2. The van der Waals surface area contributed by atoms with Gasteiger partial charge in [0.2, 0.25) is 5.88 Å². The molecule has 2 heterocycles. The number of hydrogen-bond donors (Lipinski definition) is 2. The topological polar surface area (TPSA) is 129 Å². The van der Waals surface area contributed by atoms with Gasteiger partial charge in [-0.15, -0.1) is 5.10 Å². The molecule has 2 aromatic heterocycles. The standard InChI is InChI=1S/C29H28F4N6O5/c30-9-11-42-12-13-43-25-15-22(27(40)36-19-29(31,32)33)6-7-24(25)39-17-23(37-38-39)28(41)35-16-21-8-10-34-26(14-21)44-18-20-4-2-1-3-5-20/h1-8,10,14-15,17H,9,11-13,16,18-19H2,(H,35,41)(H,36,40). The van der Waals surface area contributed by atoms with Crippen molar-refractivity contribution in [2.75, 3.05) is 33.0 Å². The van der Waals surface area contributed by atoms with Crippen molar-refractivity contribution < 1.29 is 41.4 Å². The Hall–Kier alpha value is -5.05. The summed E-state index contributed by atoms with van der Waals surface area (Å²) >= 11 is 0. The zero-order chi connectivity index (χ0) is 31.4. The predicted octanol–water partition coefficient (Wildman–Crippen LogP) is 3.83. The van der Waals surface area contributed by atoms with Crippen molar-refractivity contribution in [2.24, 2.45) is 0 Å². The summed E-state index contributed by atoms with van der Waals surface area (Å²) in [5.41, 5.74) is 1.80. The molecule has 2 aromatic carbocycles. The van der Waals surface area contributed by atoms with Gasteiger partial charge >= 0.3 is 6.18 Å². The third-order valence-electron chi connectivity index (χ3n) is 5.83. The average Bonchev–Trinajstić information content (AvgIpc) is 3.52. The molecule has 232 valence electrons. The number of ether oxygens (including phenoxy) is 3. The molecule has 0 unspecified atom stereocenters. The average molecular weight is 617 g/mol. The number of hydrogen-bond acceptors (Lipinski definition) is 8. The maximum atomic E-state index is 12.8. The summed E-state index contributed by atoms with van der Waals surface area (Å²) in [6.45, 7) is -1.91. The molecule has 0 aliphatic carbocycles. The summed E-state index contributed by atoms with van der Waals surface area (Å²) in [6.07, 6.45) is -1.70. The fraction of sp³-hybridized carbons (Fsp3) is 0.276. The Morgan fingerprint density at radius 3 is 2.48 bits per heavy atom. The zero-order valence-corrected chi connectivity index (χ0v) is 23.2. The van der Waals surface area contributed by atoms with Gasteiger partial charge in [0.05, 0.1) is 19.4 Å². The smallest absolute Gasteiger partial charge is 0.405 e. The van der Waals surface area contributed by atoms with Gasteiger partial charge in [0.15, 0.2) is 5.69 Å².